The van der Waals surface area contributed by atoms with Crippen LogP contribution in [0.1, 0.15) is 13.8 Å². The zero-order chi connectivity index (χ0) is 7.44. The summed E-state index contributed by atoms with van der Waals surface area (Å²) in [6, 6.07) is 0. The lowest BCUT2D eigenvalue weighted by molar-refractivity contribution is -0.114. The van der Waals surface area contributed by atoms with E-state index in [1.54, 1.807) is 13.8 Å². The number of aliphatic hydroxyl groups is 2. The van der Waals surface area contributed by atoms with Gasteiger partial charge in [0.05, 0.1) is 0 Å². The summed E-state index contributed by atoms with van der Waals surface area (Å²) in [5.74, 6) is -0.259. The summed E-state index contributed by atoms with van der Waals surface area (Å²) in [6.07, 6.45) is -1.07. The van der Waals surface area contributed by atoms with Crippen LogP contribution in [-0.4, -0.2) is 22.6 Å². The molecule has 2 N–H and O–H groups in total. The van der Waals surface area contributed by atoms with Gasteiger partial charge >= 0.3 is 0 Å². The van der Waals surface area contributed by atoms with Crippen LogP contribution in [0, 0.1) is 0 Å². The van der Waals surface area contributed by atoms with Gasteiger partial charge in [-0.2, -0.15) is 0 Å². The lowest BCUT2D eigenvalue weighted by Gasteiger charge is -2.01. The third-order valence-electron chi connectivity index (χ3n) is 0.921. The van der Waals surface area contributed by atoms with Crippen molar-refractivity contribution in [1.82, 2.24) is 0 Å². The third kappa shape index (κ3) is 2.28. The molecule has 0 aromatic heterocycles. The van der Waals surface area contributed by atoms with Gasteiger partial charge in [0.25, 0.3) is 0 Å². The van der Waals surface area contributed by atoms with E-state index >= 15 is 0 Å². The Morgan fingerprint density at radius 3 is 2.11 bits per heavy atom. The molecule has 9 heavy (non-hydrogen) atoms. The lowest BCUT2D eigenvalue weighted by atomic mass is 10.2. The van der Waals surface area contributed by atoms with Gasteiger partial charge in [-0.05, 0) is 19.4 Å². The fraction of sp³-hybridized carbons (Fsp3) is 0.500. The molecule has 0 aromatic rings. The van der Waals surface area contributed by atoms with Gasteiger partial charge < -0.3 is 10.2 Å². The highest BCUT2D eigenvalue weighted by molar-refractivity contribution is 5.60. The van der Waals surface area contributed by atoms with E-state index in [4.69, 9.17) is 10.2 Å². The number of rotatable bonds is 2. The van der Waals surface area contributed by atoms with E-state index in [0.717, 1.165) is 0 Å². The van der Waals surface area contributed by atoms with Gasteiger partial charge in [-0.25, -0.2) is 0 Å². The van der Waals surface area contributed by atoms with Crippen LogP contribution in [0.4, 0.5) is 0 Å². The predicted molar refractivity (Wildman–Crippen MR) is 33.1 cm³/mol. The number of carbonyl (C=O) groups excluding carboxylic acids is 1. The van der Waals surface area contributed by atoms with Crippen LogP contribution in [-0.2, 0) is 4.79 Å². The van der Waals surface area contributed by atoms with Gasteiger partial charge in [0.1, 0.15) is 5.76 Å². The van der Waals surface area contributed by atoms with Gasteiger partial charge in [-0.3, -0.25) is 4.79 Å². The molecule has 0 aliphatic carbocycles. The van der Waals surface area contributed by atoms with Crippen molar-refractivity contribution in [2.24, 2.45) is 0 Å². The van der Waals surface area contributed by atoms with E-state index in [1.165, 1.54) is 0 Å². The number of aliphatic hydroxyl groups excluding tert-OH is 2. The summed E-state index contributed by atoms with van der Waals surface area (Å²) in [6.45, 7) is 3.23. The van der Waals surface area contributed by atoms with Crippen molar-refractivity contribution in [2.45, 2.75) is 20.0 Å². The van der Waals surface area contributed by atoms with Gasteiger partial charge in [-0.15, -0.1) is 0 Å². The largest absolute Gasteiger partial charge is 0.509 e. The Morgan fingerprint density at radius 2 is 2.00 bits per heavy atom. The first kappa shape index (κ1) is 8.17. The fourth-order valence-electron chi connectivity index (χ4n) is 0.360. The molecule has 0 amide bonds. The summed E-state index contributed by atoms with van der Waals surface area (Å²) in [5.41, 5.74) is 0.551. The average molecular weight is 130 g/mol. The van der Waals surface area contributed by atoms with Gasteiger partial charge in [0.2, 0.25) is 0 Å². The summed E-state index contributed by atoms with van der Waals surface area (Å²) in [4.78, 5) is 9.81. The smallest absolute Gasteiger partial charge is 0.166 e. The van der Waals surface area contributed by atoms with E-state index < -0.39 is 6.10 Å². The molecule has 0 saturated heterocycles. The molecule has 0 bridgehead atoms. The molecule has 1 unspecified atom stereocenters. The molecule has 1 atom stereocenters. The van der Waals surface area contributed by atoms with Crippen molar-refractivity contribution >= 4 is 6.29 Å². The van der Waals surface area contributed by atoms with Crippen LogP contribution in [0.2, 0.25) is 0 Å². The van der Waals surface area contributed by atoms with Crippen LogP contribution < -0.4 is 0 Å². The number of allylic oxidation sites excluding steroid dienone is 1. The van der Waals surface area contributed by atoms with Gasteiger partial charge in [0.15, 0.2) is 12.4 Å². The van der Waals surface area contributed by atoms with Crippen LogP contribution >= 0.6 is 0 Å². The first-order valence-electron chi connectivity index (χ1n) is 2.59. The molecule has 3 heteroatoms. The second kappa shape index (κ2) is 3.25. The highest BCUT2D eigenvalue weighted by Crippen LogP contribution is 2.01. The normalized spacial score (nSPS) is 12.3. The average Bonchev–Trinajstić information content (AvgIpc) is 1.84. The molecule has 3 nitrogen and oxygen atoms in total. The maximum absolute atomic E-state index is 9.81. The molecule has 0 spiro atoms. The van der Waals surface area contributed by atoms with E-state index in [2.05, 4.69) is 0 Å². The van der Waals surface area contributed by atoms with Crippen molar-refractivity contribution in [1.29, 1.82) is 0 Å². The van der Waals surface area contributed by atoms with E-state index in [1.807, 2.05) is 0 Å². The Bertz CT molecular complexity index is 133. The van der Waals surface area contributed by atoms with Crippen molar-refractivity contribution in [3.05, 3.63) is 11.3 Å². The minimum absolute atomic E-state index is 0.259. The standard InChI is InChI=1S/C6H10O3/c1-4(2)6(9)5(8)3-7/h3,5,8-9H,1-2H3. The maximum Gasteiger partial charge on any atom is 0.166 e. The first-order chi connectivity index (χ1) is 4.09. The van der Waals surface area contributed by atoms with Crippen LogP contribution in [0.15, 0.2) is 11.3 Å². The zero-order valence-electron chi connectivity index (χ0n) is 5.46. The molecule has 0 saturated carbocycles. The SMILES string of the molecule is CC(C)=C(O)C(O)C=O. The predicted octanol–water partition coefficient (Wildman–Crippen LogP) is 0.398. The first-order valence-corrected chi connectivity index (χ1v) is 2.59. The van der Waals surface area contributed by atoms with E-state index in [-0.39, 0.29) is 12.0 Å². The van der Waals surface area contributed by atoms with E-state index in [9.17, 15) is 4.79 Å². The fourth-order valence-corrected chi connectivity index (χ4v) is 0.360. The van der Waals surface area contributed by atoms with Gasteiger partial charge in [0, 0.05) is 0 Å². The number of hydrogen-bond donors (Lipinski definition) is 2. The Morgan fingerprint density at radius 1 is 1.56 bits per heavy atom. The Labute approximate surface area is 53.6 Å². The lowest BCUT2D eigenvalue weighted by Crippen LogP contribution is -2.12. The Balaban J connectivity index is 4.19. The Hall–Kier alpha value is -0.830. The molecule has 0 aromatic carbocycles. The van der Waals surface area contributed by atoms with Gasteiger partial charge in [-0.1, -0.05) is 0 Å². The second-order valence-corrected chi connectivity index (χ2v) is 1.97. The zero-order valence-corrected chi connectivity index (χ0v) is 5.46. The molecular formula is C6H10O3. The van der Waals surface area contributed by atoms with E-state index in [0.29, 0.717) is 5.57 Å². The second-order valence-electron chi connectivity index (χ2n) is 1.97. The minimum atomic E-state index is -1.35. The summed E-state index contributed by atoms with van der Waals surface area (Å²) in [5, 5.41) is 17.4. The summed E-state index contributed by atoms with van der Waals surface area (Å²) < 4.78 is 0. The molecule has 0 fully saturated rings. The number of aldehydes is 1. The molecule has 0 heterocycles. The number of carbonyl (C=O) groups is 1. The van der Waals surface area contributed by atoms with Crippen LogP contribution in [0.25, 0.3) is 0 Å². The molecule has 52 valence electrons. The summed E-state index contributed by atoms with van der Waals surface area (Å²) >= 11 is 0. The van der Waals surface area contributed by atoms with Crippen LogP contribution in [0.3, 0.4) is 0 Å². The maximum atomic E-state index is 9.81. The molecule has 0 aliphatic heterocycles. The van der Waals surface area contributed by atoms with Crippen molar-refractivity contribution in [3.63, 3.8) is 0 Å². The van der Waals surface area contributed by atoms with Crippen molar-refractivity contribution in [2.75, 3.05) is 0 Å². The molecule has 0 radical (unpaired) electrons. The Kier molecular flexibility index (Phi) is 2.95. The van der Waals surface area contributed by atoms with Crippen molar-refractivity contribution in [3.8, 4) is 0 Å². The molecular weight excluding hydrogens is 120 g/mol. The van der Waals surface area contributed by atoms with Crippen LogP contribution in [0.5, 0.6) is 0 Å². The monoisotopic (exact) mass is 130 g/mol. The topological polar surface area (TPSA) is 57.5 Å². The highest BCUT2D eigenvalue weighted by atomic mass is 16.3. The highest BCUT2D eigenvalue weighted by Gasteiger charge is 2.07. The quantitative estimate of drug-likeness (QED) is 0.420. The minimum Gasteiger partial charge on any atom is -0.509 e. The summed E-state index contributed by atoms with van der Waals surface area (Å²) in [7, 11) is 0. The third-order valence-corrected chi connectivity index (χ3v) is 0.921. The van der Waals surface area contributed by atoms with Crippen molar-refractivity contribution < 1.29 is 15.0 Å². The molecule has 0 rings (SSSR count). The molecule has 0 aliphatic rings. The number of hydrogen-bond acceptors (Lipinski definition) is 3.